The molecule has 1 aliphatic rings. The Morgan fingerprint density at radius 3 is 2.93 bits per heavy atom. The van der Waals surface area contributed by atoms with Gasteiger partial charge in [-0.3, -0.25) is 14.3 Å². The van der Waals surface area contributed by atoms with Crippen molar-refractivity contribution in [1.29, 1.82) is 0 Å². The Bertz CT molecular complexity index is 801. The zero-order valence-electron chi connectivity index (χ0n) is 15.8. The van der Waals surface area contributed by atoms with Gasteiger partial charge in [-0.25, -0.2) is 4.98 Å². The number of nitrogens with zero attached hydrogens (tertiary/aromatic N) is 4. The number of nitrogens with one attached hydrogen (secondary N) is 1. The first-order chi connectivity index (χ1) is 12.9. The lowest BCUT2D eigenvalue weighted by atomic mass is 10.2. The van der Waals surface area contributed by atoms with Gasteiger partial charge >= 0.3 is 0 Å². The van der Waals surface area contributed by atoms with Crippen molar-refractivity contribution in [2.45, 2.75) is 39.3 Å². The molecule has 1 N–H and O–H groups in total. The SMILES string of the molecule is Cc1csc(CCNC(=O)C2CN(C(=O)c3ccn(C(C)C)n3)CCO2)n1. The van der Waals surface area contributed by atoms with Gasteiger partial charge in [0.2, 0.25) is 0 Å². The Labute approximate surface area is 162 Å². The summed E-state index contributed by atoms with van der Waals surface area (Å²) in [5, 5.41) is 10.2. The van der Waals surface area contributed by atoms with E-state index in [-0.39, 0.29) is 24.4 Å². The highest BCUT2D eigenvalue weighted by molar-refractivity contribution is 7.09. The molecule has 0 spiro atoms. The molecule has 146 valence electrons. The molecule has 1 saturated heterocycles. The molecule has 3 heterocycles. The summed E-state index contributed by atoms with van der Waals surface area (Å²) in [4.78, 5) is 31.0. The lowest BCUT2D eigenvalue weighted by Gasteiger charge is -2.31. The number of carbonyl (C=O) groups excluding carboxylic acids is 2. The Kier molecular flexibility index (Phi) is 6.22. The minimum Gasteiger partial charge on any atom is -0.365 e. The zero-order valence-corrected chi connectivity index (χ0v) is 16.7. The number of aryl methyl sites for hydroxylation is 1. The molecule has 2 amide bonds. The Hall–Kier alpha value is -2.26. The summed E-state index contributed by atoms with van der Waals surface area (Å²) in [7, 11) is 0. The second kappa shape index (κ2) is 8.62. The third-order valence-corrected chi connectivity index (χ3v) is 5.33. The first-order valence-electron chi connectivity index (χ1n) is 9.09. The van der Waals surface area contributed by atoms with E-state index in [1.807, 2.05) is 26.2 Å². The number of amides is 2. The molecule has 1 unspecified atom stereocenters. The lowest BCUT2D eigenvalue weighted by Crippen LogP contribution is -2.51. The average Bonchev–Trinajstić information content (AvgIpc) is 3.30. The topological polar surface area (TPSA) is 89.4 Å². The van der Waals surface area contributed by atoms with E-state index >= 15 is 0 Å². The van der Waals surface area contributed by atoms with Crippen LogP contribution in [0.25, 0.3) is 0 Å². The normalized spacial score (nSPS) is 17.3. The smallest absolute Gasteiger partial charge is 0.274 e. The van der Waals surface area contributed by atoms with Crippen LogP contribution in [0, 0.1) is 6.92 Å². The Morgan fingerprint density at radius 2 is 2.26 bits per heavy atom. The summed E-state index contributed by atoms with van der Waals surface area (Å²) in [6, 6.07) is 1.90. The summed E-state index contributed by atoms with van der Waals surface area (Å²) in [5.74, 6) is -0.373. The minimum atomic E-state index is -0.659. The van der Waals surface area contributed by atoms with Crippen LogP contribution >= 0.6 is 11.3 Å². The van der Waals surface area contributed by atoms with Gasteiger partial charge in [-0.15, -0.1) is 11.3 Å². The third kappa shape index (κ3) is 4.92. The largest absolute Gasteiger partial charge is 0.365 e. The van der Waals surface area contributed by atoms with Crippen molar-refractivity contribution in [1.82, 2.24) is 25.0 Å². The lowest BCUT2D eigenvalue weighted by molar-refractivity contribution is -0.137. The highest BCUT2D eigenvalue weighted by Gasteiger charge is 2.30. The van der Waals surface area contributed by atoms with E-state index in [0.717, 1.165) is 10.7 Å². The first-order valence-corrected chi connectivity index (χ1v) is 9.96. The molecule has 2 aromatic rings. The van der Waals surface area contributed by atoms with Gasteiger partial charge in [0.05, 0.1) is 18.2 Å². The van der Waals surface area contributed by atoms with Gasteiger partial charge in [0, 0.05) is 42.8 Å². The van der Waals surface area contributed by atoms with Gasteiger partial charge in [-0.2, -0.15) is 5.10 Å². The van der Waals surface area contributed by atoms with Crippen LogP contribution in [0.2, 0.25) is 0 Å². The van der Waals surface area contributed by atoms with Crippen molar-refractivity contribution in [2.24, 2.45) is 0 Å². The number of hydrogen-bond donors (Lipinski definition) is 1. The van der Waals surface area contributed by atoms with Gasteiger partial charge in [-0.1, -0.05) is 0 Å². The second-order valence-electron chi connectivity index (χ2n) is 6.81. The van der Waals surface area contributed by atoms with Crippen molar-refractivity contribution in [3.63, 3.8) is 0 Å². The van der Waals surface area contributed by atoms with Gasteiger partial charge in [0.1, 0.15) is 5.69 Å². The fourth-order valence-electron chi connectivity index (χ4n) is 2.82. The fourth-order valence-corrected chi connectivity index (χ4v) is 3.59. The van der Waals surface area contributed by atoms with Crippen molar-refractivity contribution in [3.8, 4) is 0 Å². The maximum Gasteiger partial charge on any atom is 0.274 e. The fraction of sp³-hybridized carbons (Fsp3) is 0.556. The number of aromatic nitrogens is 3. The number of carbonyl (C=O) groups is 2. The molecule has 2 aromatic heterocycles. The maximum atomic E-state index is 12.7. The second-order valence-corrected chi connectivity index (χ2v) is 7.75. The monoisotopic (exact) mass is 391 g/mol. The van der Waals surface area contributed by atoms with Crippen LogP contribution in [0.1, 0.15) is 41.1 Å². The van der Waals surface area contributed by atoms with Crippen LogP contribution < -0.4 is 5.32 Å². The summed E-state index contributed by atoms with van der Waals surface area (Å²) in [6.45, 7) is 7.47. The van der Waals surface area contributed by atoms with Crippen LogP contribution in [0.15, 0.2) is 17.6 Å². The number of hydrogen-bond acceptors (Lipinski definition) is 6. The van der Waals surface area contributed by atoms with Crippen LogP contribution in [-0.2, 0) is 16.0 Å². The molecule has 1 fully saturated rings. The summed E-state index contributed by atoms with van der Waals surface area (Å²) in [5.41, 5.74) is 1.38. The third-order valence-electron chi connectivity index (χ3n) is 4.31. The van der Waals surface area contributed by atoms with Crippen molar-refractivity contribution >= 4 is 23.2 Å². The molecule has 8 nitrogen and oxygen atoms in total. The van der Waals surface area contributed by atoms with Gasteiger partial charge in [0.25, 0.3) is 11.8 Å². The Morgan fingerprint density at radius 1 is 1.44 bits per heavy atom. The van der Waals surface area contributed by atoms with Crippen molar-refractivity contribution in [3.05, 3.63) is 34.0 Å². The molecule has 3 rings (SSSR count). The average molecular weight is 391 g/mol. The molecular weight excluding hydrogens is 366 g/mol. The number of morpholine rings is 1. The summed E-state index contributed by atoms with van der Waals surface area (Å²) >= 11 is 1.59. The predicted molar refractivity (Wildman–Crippen MR) is 102 cm³/mol. The van der Waals surface area contributed by atoms with E-state index in [0.29, 0.717) is 31.8 Å². The maximum absolute atomic E-state index is 12.7. The predicted octanol–water partition coefficient (Wildman–Crippen LogP) is 1.43. The van der Waals surface area contributed by atoms with Gasteiger partial charge < -0.3 is 15.0 Å². The van der Waals surface area contributed by atoms with E-state index in [4.69, 9.17) is 4.74 Å². The van der Waals surface area contributed by atoms with Crippen LogP contribution in [0.4, 0.5) is 0 Å². The first kappa shape index (κ1) is 19.5. The molecule has 1 aliphatic heterocycles. The van der Waals surface area contributed by atoms with Crippen molar-refractivity contribution < 1.29 is 14.3 Å². The standard InChI is InChI=1S/C18H25N5O3S/c1-12(2)23-7-5-14(21-23)18(25)22-8-9-26-15(10-22)17(24)19-6-4-16-20-13(3)11-27-16/h5,7,11-12,15H,4,6,8-10H2,1-3H3,(H,19,24). The van der Waals surface area contributed by atoms with Gasteiger partial charge in [-0.05, 0) is 26.8 Å². The van der Waals surface area contributed by atoms with Crippen molar-refractivity contribution in [2.75, 3.05) is 26.2 Å². The van der Waals surface area contributed by atoms with Gasteiger partial charge in [0.15, 0.2) is 6.10 Å². The molecule has 0 aliphatic carbocycles. The highest BCUT2D eigenvalue weighted by atomic mass is 32.1. The van der Waals surface area contributed by atoms with Crippen LogP contribution in [0.3, 0.4) is 0 Å². The van der Waals surface area contributed by atoms with E-state index in [1.165, 1.54) is 0 Å². The molecular formula is C18H25N5O3S. The molecule has 0 radical (unpaired) electrons. The van der Waals surface area contributed by atoms with E-state index in [9.17, 15) is 9.59 Å². The Balaban J connectivity index is 1.51. The quantitative estimate of drug-likeness (QED) is 0.805. The number of thiazole rings is 1. The molecule has 0 saturated carbocycles. The molecule has 27 heavy (non-hydrogen) atoms. The molecule has 9 heteroatoms. The minimum absolute atomic E-state index is 0.172. The molecule has 0 bridgehead atoms. The number of rotatable bonds is 6. The van der Waals surface area contributed by atoms with E-state index in [2.05, 4.69) is 15.4 Å². The van der Waals surface area contributed by atoms with Crippen LogP contribution in [-0.4, -0.2) is 63.8 Å². The van der Waals surface area contributed by atoms with E-state index < -0.39 is 6.10 Å². The van der Waals surface area contributed by atoms with Crippen LogP contribution in [0.5, 0.6) is 0 Å². The molecule has 0 aromatic carbocycles. The number of ether oxygens (including phenoxy) is 1. The zero-order chi connectivity index (χ0) is 19.4. The summed E-state index contributed by atoms with van der Waals surface area (Å²) < 4.78 is 7.31. The summed E-state index contributed by atoms with van der Waals surface area (Å²) in [6.07, 6.45) is 1.82. The highest BCUT2D eigenvalue weighted by Crippen LogP contribution is 2.12. The molecule has 1 atom stereocenters. The van der Waals surface area contributed by atoms with E-state index in [1.54, 1.807) is 33.2 Å².